The van der Waals surface area contributed by atoms with E-state index in [1.165, 1.54) is 17.5 Å². The monoisotopic (exact) mass is 247 g/mol. The molecule has 1 aliphatic heterocycles. The Hall–Kier alpha value is -1.06. The summed E-state index contributed by atoms with van der Waals surface area (Å²) in [5.41, 5.74) is 2.72. The van der Waals surface area contributed by atoms with Crippen LogP contribution in [0.15, 0.2) is 18.2 Å². The van der Waals surface area contributed by atoms with Crippen molar-refractivity contribution in [2.45, 2.75) is 37.8 Å². The summed E-state index contributed by atoms with van der Waals surface area (Å²) in [6.07, 6.45) is 4.54. The predicted octanol–water partition coefficient (Wildman–Crippen LogP) is 2.49. The van der Waals surface area contributed by atoms with Crippen LogP contribution in [0.5, 0.6) is 5.75 Å². The molecule has 0 bridgehead atoms. The fraction of sp³-hybridized carbons (Fsp3) is 0.600. The molecule has 1 aromatic rings. The number of fused-ring (bicyclic) bond motifs is 1. The topological polar surface area (TPSA) is 32.7 Å². The Kier molecular flexibility index (Phi) is 3.27. The lowest BCUT2D eigenvalue weighted by atomic mass is 10.0. The molecule has 0 spiro atoms. The molecule has 1 unspecified atom stereocenters. The van der Waals surface area contributed by atoms with E-state index in [9.17, 15) is 5.11 Å². The SMILES string of the molecule is CN(C1CCOCC1)C1CCc2cc(O)ccc21. The van der Waals surface area contributed by atoms with Crippen LogP contribution in [-0.4, -0.2) is 36.3 Å². The summed E-state index contributed by atoms with van der Waals surface area (Å²) < 4.78 is 5.44. The van der Waals surface area contributed by atoms with Gasteiger partial charge in [0.15, 0.2) is 0 Å². The van der Waals surface area contributed by atoms with E-state index in [1.54, 1.807) is 0 Å². The Morgan fingerprint density at radius 3 is 2.78 bits per heavy atom. The Bertz CT molecular complexity index is 427. The molecule has 0 amide bonds. The van der Waals surface area contributed by atoms with Gasteiger partial charge in [0, 0.05) is 25.3 Å². The van der Waals surface area contributed by atoms with Crippen LogP contribution in [0, 0.1) is 0 Å². The maximum absolute atomic E-state index is 9.54. The molecule has 1 heterocycles. The number of phenolic OH excluding ortho intramolecular Hbond substituents is 1. The van der Waals surface area contributed by atoms with Crippen molar-refractivity contribution in [1.29, 1.82) is 0 Å². The van der Waals surface area contributed by atoms with Gasteiger partial charge in [-0.2, -0.15) is 0 Å². The van der Waals surface area contributed by atoms with Crippen molar-refractivity contribution >= 4 is 0 Å². The maximum Gasteiger partial charge on any atom is 0.115 e. The second-order valence-electron chi connectivity index (χ2n) is 5.45. The van der Waals surface area contributed by atoms with E-state index >= 15 is 0 Å². The van der Waals surface area contributed by atoms with Crippen LogP contribution in [0.4, 0.5) is 0 Å². The maximum atomic E-state index is 9.54. The number of hydrogen-bond acceptors (Lipinski definition) is 3. The molecular formula is C15H21NO2. The first-order valence-corrected chi connectivity index (χ1v) is 6.87. The fourth-order valence-electron chi connectivity index (χ4n) is 3.35. The van der Waals surface area contributed by atoms with Gasteiger partial charge < -0.3 is 9.84 Å². The largest absolute Gasteiger partial charge is 0.508 e. The van der Waals surface area contributed by atoms with E-state index in [4.69, 9.17) is 4.74 Å². The van der Waals surface area contributed by atoms with Crippen molar-refractivity contribution in [2.24, 2.45) is 0 Å². The smallest absolute Gasteiger partial charge is 0.115 e. The first-order valence-electron chi connectivity index (χ1n) is 6.87. The Labute approximate surface area is 108 Å². The quantitative estimate of drug-likeness (QED) is 0.871. The highest BCUT2D eigenvalue weighted by Gasteiger charge is 2.30. The minimum atomic E-state index is 0.392. The molecule has 1 aliphatic carbocycles. The second-order valence-corrected chi connectivity index (χ2v) is 5.45. The number of nitrogens with zero attached hydrogens (tertiary/aromatic N) is 1. The van der Waals surface area contributed by atoms with E-state index in [0.717, 1.165) is 32.5 Å². The van der Waals surface area contributed by atoms with Crippen LogP contribution in [0.3, 0.4) is 0 Å². The molecule has 1 saturated heterocycles. The summed E-state index contributed by atoms with van der Waals surface area (Å²) in [5.74, 6) is 0.392. The summed E-state index contributed by atoms with van der Waals surface area (Å²) in [6.45, 7) is 1.79. The molecule has 1 aromatic carbocycles. The summed E-state index contributed by atoms with van der Waals surface area (Å²) in [5, 5.41) is 9.54. The summed E-state index contributed by atoms with van der Waals surface area (Å²) in [6, 6.07) is 6.99. The van der Waals surface area contributed by atoms with E-state index in [-0.39, 0.29) is 0 Å². The third-order valence-corrected chi connectivity index (χ3v) is 4.43. The van der Waals surface area contributed by atoms with Gasteiger partial charge in [-0.05, 0) is 56.0 Å². The van der Waals surface area contributed by atoms with Crippen LogP contribution in [-0.2, 0) is 11.2 Å². The lowest BCUT2D eigenvalue weighted by Crippen LogP contribution is -2.38. The van der Waals surface area contributed by atoms with Crippen molar-refractivity contribution < 1.29 is 9.84 Å². The van der Waals surface area contributed by atoms with Crippen LogP contribution < -0.4 is 0 Å². The van der Waals surface area contributed by atoms with Gasteiger partial charge in [-0.15, -0.1) is 0 Å². The average molecular weight is 247 g/mol. The minimum absolute atomic E-state index is 0.392. The van der Waals surface area contributed by atoms with Gasteiger partial charge in [-0.3, -0.25) is 4.90 Å². The van der Waals surface area contributed by atoms with Crippen molar-refractivity contribution in [3.05, 3.63) is 29.3 Å². The van der Waals surface area contributed by atoms with Gasteiger partial charge in [0.1, 0.15) is 5.75 Å². The third-order valence-electron chi connectivity index (χ3n) is 4.43. The Morgan fingerprint density at radius 2 is 2.00 bits per heavy atom. The molecule has 3 heteroatoms. The number of hydrogen-bond donors (Lipinski definition) is 1. The highest BCUT2D eigenvalue weighted by atomic mass is 16.5. The van der Waals surface area contributed by atoms with E-state index in [0.29, 0.717) is 17.8 Å². The Morgan fingerprint density at radius 1 is 1.22 bits per heavy atom. The molecule has 3 nitrogen and oxygen atoms in total. The van der Waals surface area contributed by atoms with Gasteiger partial charge in [0.05, 0.1) is 0 Å². The van der Waals surface area contributed by atoms with Crippen LogP contribution in [0.2, 0.25) is 0 Å². The van der Waals surface area contributed by atoms with Gasteiger partial charge >= 0.3 is 0 Å². The van der Waals surface area contributed by atoms with E-state index < -0.39 is 0 Å². The Balaban J connectivity index is 1.78. The first kappa shape index (κ1) is 12.0. The molecule has 0 aromatic heterocycles. The first-order chi connectivity index (χ1) is 8.75. The number of rotatable bonds is 2. The van der Waals surface area contributed by atoms with Crippen molar-refractivity contribution in [3.63, 3.8) is 0 Å². The molecule has 1 atom stereocenters. The molecule has 98 valence electrons. The fourth-order valence-corrected chi connectivity index (χ4v) is 3.35. The molecule has 0 radical (unpaired) electrons. The average Bonchev–Trinajstić information content (AvgIpc) is 2.81. The minimum Gasteiger partial charge on any atom is -0.508 e. The standard InChI is InChI=1S/C15H21NO2/c1-16(12-6-8-18-9-7-12)15-5-2-11-10-13(17)3-4-14(11)15/h3-4,10,12,15,17H,2,5-9H2,1H3. The lowest BCUT2D eigenvalue weighted by Gasteiger charge is -2.35. The zero-order valence-electron chi connectivity index (χ0n) is 10.9. The van der Waals surface area contributed by atoms with Crippen molar-refractivity contribution in [2.75, 3.05) is 20.3 Å². The highest BCUT2D eigenvalue weighted by Crippen LogP contribution is 2.38. The number of aromatic hydroxyl groups is 1. The third kappa shape index (κ3) is 2.13. The highest BCUT2D eigenvalue weighted by molar-refractivity contribution is 5.40. The summed E-state index contributed by atoms with van der Waals surface area (Å²) in [7, 11) is 2.24. The molecule has 1 N–H and O–H groups in total. The zero-order chi connectivity index (χ0) is 12.5. The van der Waals surface area contributed by atoms with Crippen LogP contribution in [0.1, 0.15) is 36.4 Å². The predicted molar refractivity (Wildman–Crippen MR) is 70.8 cm³/mol. The van der Waals surface area contributed by atoms with Gasteiger partial charge in [-0.25, -0.2) is 0 Å². The number of phenols is 1. The van der Waals surface area contributed by atoms with Crippen LogP contribution in [0.25, 0.3) is 0 Å². The van der Waals surface area contributed by atoms with Gasteiger partial charge in [-0.1, -0.05) is 6.07 Å². The lowest BCUT2D eigenvalue weighted by molar-refractivity contribution is 0.0283. The van der Waals surface area contributed by atoms with Crippen LogP contribution >= 0.6 is 0 Å². The number of benzene rings is 1. The molecule has 18 heavy (non-hydrogen) atoms. The molecule has 2 aliphatic rings. The van der Waals surface area contributed by atoms with E-state index in [2.05, 4.69) is 18.0 Å². The number of aryl methyl sites for hydroxylation is 1. The molecule has 3 rings (SSSR count). The molecular weight excluding hydrogens is 226 g/mol. The van der Waals surface area contributed by atoms with Crippen molar-refractivity contribution in [3.8, 4) is 5.75 Å². The molecule has 0 saturated carbocycles. The molecule has 1 fully saturated rings. The van der Waals surface area contributed by atoms with Crippen molar-refractivity contribution in [1.82, 2.24) is 4.90 Å². The summed E-state index contributed by atoms with van der Waals surface area (Å²) >= 11 is 0. The normalized spacial score (nSPS) is 24.4. The number of ether oxygens (including phenoxy) is 1. The summed E-state index contributed by atoms with van der Waals surface area (Å²) in [4.78, 5) is 2.52. The second kappa shape index (κ2) is 4.90. The zero-order valence-corrected chi connectivity index (χ0v) is 10.9. The van der Waals surface area contributed by atoms with E-state index in [1.807, 2.05) is 12.1 Å². The van der Waals surface area contributed by atoms with Gasteiger partial charge in [0.2, 0.25) is 0 Å². The van der Waals surface area contributed by atoms with Gasteiger partial charge in [0.25, 0.3) is 0 Å².